The third-order valence-electron chi connectivity index (χ3n) is 2.83. The number of nitrogens with one attached hydrogen (secondary N) is 1. The molecule has 0 aliphatic heterocycles. The van der Waals surface area contributed by atoms with Crippen LogP contribution in [0.1, 0.15) is 38.5 Å². The summed E-state index contributed by atoms with van der Waals surface area (Å²) < 4.78 is 13.4. The standard InChI is InChI=1S/C10H20FN/c1-12-8-7-10(11)9-5-3-2-4-6-9/h9-10,12H,2-8H2,1H3. The fraction of sp³-hybridized carbons (Fsp3) is 1.00. The Balaban J connectivity index is 2.15. The van der Waals surface area contributed by atoms with E-state index >= 15 is 0 Å². The van der Waals surface area contributed by atoms with Crippen molar-refractivity contribution in [1.29, 1.82) is 0 Å². The van der Waals surface area contributed by atoms with Crippen LogP contribution in [-0.4, -0.2) is 19.8 Å². The highest BCUT2D eigenvalue weighted by atomic mass is 19.1. The lowest BCUT2D eigenvalue weighted by molar-refractivity contribution is 0.171. The van der Waals surface area contributed by atoms with Crippen molar-refractivity contribution in [2.75, 3.05) is 13.6 Å². The van der Waals surface area contributed by atoms with Gasteiger partial charge in [-0.1, -0.05) is 19.3 Å². The summed E-state index contributed by atoms with van der Waals surface area (Å²) in [6.45, 7) is 0.817. The summed E-state index contributed by atoms with van der Waals surface area (Å²) >= 11 is 0. The van der Waals surface area contributed by atoms with Crippen LogP contribution in [0.25, 0.3) is 0 Å². The topological polar surface area (TPSA) is 12.0 Å². The Hall–Kier alpha value is -0.110. The first-order valence-corrected chi connectivity index (χ1v) is 5.13. The Morgan fingerprint density at radius 3 is 2.58 bits per heavy atom. The van der Waals surface area contributed by atoms with Crippen LogP contribution in [-0.2, 0) is 0 Å². The first-order chi connectivity index (χ1) is 5.84. The van der Waals surface area contributed by atoms with Crippen molar-refractivity contribution in [2.45, 2.75) is 44.7 Å². The molecule has 0 aromatic heterocycles. The van der Waals surface area contributed by atoms with Crippen LogP contribution in [0.15, 0.2) is 0 Å². The summed E-state index contributed by atoms with van der Waals surface area (Å²) in [6, 6.07) is 0. The maximum absolute atomic E-state index is 13.4. The molecule has 0 amide bonds. The van der Waals surface area contributed by atoms with Crippen LogP contribution < -0.4 is 5.32 Å². The van der Waals surface area contributed by atoms with Gasteiger partial charge in [-0.15, -0.1) is 0 Å². The van der Waals surface area contributed by atoms with E-state index in [9.17, 15) is 4.39 Å². The average Bonchev–Trinajstić information content (AvgIpc) is 2.15. The molecule has 2 heteroatoms. The van der Waals surface area contributed by atoms with Gasteiger partial charge in [0.1, 0.15) is 6.17 Å². The molecule has 1 saturated carbocycles. The molecule has 1 atom stereocenters. The van der Waals surface area contributed by atoms with E-state index in [-0.39, 0.29) is 0 Å². The van der Waals surface area contributed by atoms with Crippen LogP contribution in [0, 0.1) is 5.92 Å². The Morgan fingerprint density at radius 2 is 2.00 bits per heavy atom. The SMILES string of the molecule is CNCCC(F)C1CCCCC1. The summed E-state index contributed by atoms with van der Waals surface area (Å²) in [5.41, 5.74) is 0. The third kappa shape index (κ3) is 3.10. The number of alkyl halides is 1. The summed E-state index contributed by atoms with van der Waals surface area (Å²) in [5.74, 6) is 0.368. The molecule has 0 aromatic rings. The molecule has 0 heterocycles. The lowest BCUT2D eigenvalue weighted by Crippen LogP contribution is -2.23. The predicted molar refractivity (Wildman–Crippen MR) is 50.0 cm³/mol. The molecule has 72 valence electrons. The highest BCUT2D eigenvalue weighted by Crippen LogP contribution is 2.29. The van der Waals surface area contributed by atoms with E-state index in [0.717, 1.165) is 19.4 Å². The van der Waals surface area contributed by atoms with Crippen molar-refractivity contribution in [2.24, 2.45) is 5.92 Å². The van der Waals surface area contributed by atoms with Gasteiger partial charge >= 0.3 is 0 Å². The smallest absolute Gasteiger partial charge is 0.104 e. The highest BCUT2D eigenvalue weighted by Gasteiger charge is 2.22. The molecular weight excluding hydrogens is 153 g/mol. The molecule has 0 spiro atoms. The van der Waals surface area contributed by atoms with E-state index in [1.165, 1.54) is 19.3 Å². The van der Waals surface area contributed by atoms with Gasteiger partial charge in [0.2, 0.25) is 0 Å². The molecular formula is C10H20FN. The minimum absolute atomic E-state index is 0.368. The third-order valence-corrected chi connectivity index (χ3v) is 2.83. The maximum atomic E-state index is 13.4. The lowest BCUT2D eigenvalue weighted by atomic mass is 9.85. The van der Waals surface area contributed by atoms with E-state index in [2.05, 4.69) is 5.32 Å². The molecule has 12 heavy (non-hydrogen) atoms. The lowest BCUT2D eigenvalue weighted by Gasteiger charge is -2.24. The van der Waals surface area contributed by atoms with Gasteiger partial charge in [-0.25, -0.2) is 4.39 Å². The van der Waals surface area contributed by atoms with Gasteiger partial charge in [-0.3, -0.25) is 0 Å². The zero-order valence-corrected chi connectivity index (χ0v) is 7.98. The van der Waals surface area contributed by atoms with Gasteiger partial charge in [-0.2, -0.15) is 0 Å². The molecule has 1 rings (SSSR count). The van der Waals surface area contributed by atoms with Crippen molar-refractivity contribution in [3.8, 4) is 0 Å². The van der Waals surface area contributed by atoms with Crippen molar-refractivity contribution in [1.82, 2.24) is 5.32 Å². The first kappa shape index (κ1) is 9.97. The molecule has 1 N–H and O–H groups in total. The monoisotopic (exact) mass is 173 g/mol. The second-order valence-electron chi connectivity index (χ2n) is 3.81. The Kier molecular flexibility index (Phi) is 4.59. The molecule has 0 bridgehead atoms. The first-order valence-electron chi connectivity index (χ1n) is 5.13. The van der Waals surface area contributed by atoms with Crippen LogP contribution >= 0.6 is 0 Å². The number of rotatable bonds is 4. The minimum Gasteiger partial charge on any atom is -0.320 e. The highest BCUT2D eigenvalue weighted by molar-refractivity contribution is 4.73. The van der Waals surface area contributed by atoms with Crippen molar-refractivity contribution >= 4 is 0 Å². The predicted octanol–water partition coefficient (Wildman–Crippen LogP) is 2.51. The fourth-order valence-electron chi connectivity index (χ4n) is 2.01. The zero-order chi connectivity index (χ0) is 8.81. The average molecular weight is 173 g/mol. The van der Waals surface area contributed by atoms with E-state index in [4.69, 9.17) is 0 Å². The summed E-state index contributed by atoms with van der Waals surface area (Å²) in [5, 5.41) is 3.00. The molecule has 1 aliphatic carbocycles. The second-order valence-corrected chi connectivity index (χ2v) is 3.81. The van der Waals surface area contributed by atoms with Crippen LogP contribution in [0.5, 0.6) is 0 Å². The quantitative estimate of drug-likeness (QED) is 0.688. The van der Waals surface area contributed by atoms with E-state index in [0.29, 0.717) is 12.3 Å². The van der Waals surface area contributed by atoms with E-state index < -0.39 is 6.17 Å². The molecule has 0 radical (unpaired) electrons. The van der Waals surface area contributed by atoms with Gasteiger partial charge in [-0.05, 0) is 38.8 Å². The zero-order valence-electron chi connectivity index (χ0n) is 7.98. The molecule has 1 aliphatic rings. The molecule has 1 fully saturated rings. The Labute approximate surface area is 74.7 Å². The number of hydrogen-bond donors (Lipinski definition) is 1. The van der Waals surface area contributed by atoms with Gasteiger partial charge in [0, 0.05) is 0 Å². The van der Waals surface area contributed by atoms with Gasteiger partial charge < -0.3 is 5.32 Å². The normalized spacial score (nSPS) is 22.5. The van der Waals surface area contributed by atoms with E-state index in [1.807, 2.05) is 7.05 Å². The molecule has 0 aromatic carbocycles. The maximum Gasteiger partial charge on any atom is 0.104 e. The summed E-state index contributed by atoms with van der Waals surface area (Å²) in [4.78, 5) is 0. The van der Waals surface area contributed by atoms with Crippen molar-refractivity contribution in [3.05, 3.63) is 0 Å². The van der Waals surface area contributed by atoms with E-state index in [1.54, 1.807) is 0 Å². The largest absolute Gasteiger partial charge is 0.320 e. The van der Waals surface area contributed by atoms with Crippen molar-refractivity contribution < 1.29 is 4.39 Å². The second kappa shape index (κ2) is 5.52. The van der Waals surface area contributed by atoms with Gasteiger partial charge in [0.25, 0.3) is 0 Å². The molecule has 0 saturated heterocycles. The number of hydrogen-bond acceptors (Lipinski definition) is 1. The Bertz CT molecular complexity index is 110. The van der Waals surface area contributed by atoms with Crippen LogP contribution in [0.2, 0.25) is 0 Å². The fourth-order valence-corrected chi connectivity index (χ4v) is 2.01. The van der Waals surface area contributed by atoms with Gasteiger partial charge in [0.15, 0.2) is 0 Å². The van der Waals surface area contributed by atoms with Crippen molar-refractivity contribution in [3.63, 3.8) is 0 Å². The van der Waals surface area contributed by atoms with Gasteiger partial charge in [0.05, 0.1) is 0 Å². The van der Waals surface area contributed by atoms with Crippen LogP contribution in [0.3, 0.4) is 0 Å². The number of halogens is 1. The summed E-state index contributed by atoms with van der Waals surface area (Å²) in [7, 11) is 1.88. The molecule has 1 unspecified atom stereocenters. The Morgan fingerprint density at radius 1 is 1.33 bits per heavy atom. The van der Waals surface area contributed by atoms with Crippen LogP contribution in [0.4, 0.5) is 4.39 Å². The summed E-state index contributed by atoms with van der Waals surface area (Å²) in [6.07, 6.45) is 6.17. The molecule has 1 nitrogen and oxygen atoms in total. The minimum atomic E-state index is -0.558.